The summed E-state index contributed by atoms with van der Waals surface area (Å²) < 4.78 is 26.2. The van der Waals surface area contributed by atoms with Crippen LogP contribution in [-0.4, -0.2) is 38.1 Å². The summed E-state index contributed by atoms with van der Waals surface area (Å²) in [5.41, 5.74) is 2.91. The Morgan fingerprint density at radius 3 is 2.31 bits per heavy atom. The number of hydrogen-bond donors (Lipinski definition) is 0. The highest BCUT2D eigenvalue weighted by Crippen LogP contribution is 2.25. The molecule has 5 nitrogen and oxygen atoms in total. The molecule has 0 saturated carbocycles. The molecule has 0 aromatic heterocycles. The van der Waals surface area contributed by atoms with Crippen molar-refractivity contribution in [1.82, 2.24) is 4.90 Å². The van der Waals surface area contributed by atoms with E-state index in [4.69, 9.17) is 0 Å². The molecule has 0 aliphatic carbocycles. The van der Waals surface area contributed by atoms with Crippen molar-refractivity contribution in [3.05, 3.63) is 65.7 Å². The number of nitrogens with zero attached hydrogens (tertiary/aromatic N) is 2. The van der Waals surface area contributed by atoms with Gasteiger partial charge >= 0.3 is 0 Å². The Kier molecular flexibility index (Phi) is 5.32. The van der Waals surface area contributed by atoms with Crippen molar-refractivity contribution in [2.75, 3.05) is 17.1 Å². The summed E-state index contributed by atoms with van der Waals surface area (Å²) in [5, 5.41) is 0. The first-order valence-electron chi connectivity index (χ1n) is 8.82. The van der Waals surface area contributed by atoms with Crippen molar-refractivity contribution in [3.63, 3.8) is 0 Å². The predicted octanol–water partition coefficient (Wildman–Crippen LogP) is 2.82. The van der Waals surface area contributed by atoms with Crippen LogP contribution in [0.1, 0.15) is 24.5 Å². The van der Waals surface area contributed by atoms with E-state index in [2.05, 4.69) is 6.07 Å². The smallest absolute Gasteiger partial charge is 0.246 e. The fourth-order valence-electron chi connectivity index (χ4n) is 3.51. The SMILES string of the molecule is CC[C@H](C(=O)N1CCc2ccccc2C1)N(c1ccccc1)S(C)(=O)=O. The molecule has 0 fully saturated rings. The number of hydrogen-bond acceptors (Lipinski definition) is 3. The highest BCUT2D eigenvalue weighted by molar-refractivity contribution is 7.92. The summed E-state index contributed by atoms with van der Waals surface area (Å²) in [6, 6.07) is 16.2. The molecule has 1 atom stereocenters. The molecule has 2 aromatic carbocycles. The molecule has 1 amide bonds. The summed E-state index contributed by atoms with van der Waals surface area (Å²) in [7, 11) is -3.59. The lowest BCUT2D eigenvalue weighted by Gasteiger charge is -2.36. The molecule has 3 rings (SSSR count). The predicted molar refractivity (Wildman–Crippen MR) is 103 cm³/mol. The highest BCUT2D eigenvalue weighted by Gasteiger charge is 2.35. The molecule has 2 aromatic rings. The number of carbonyl (C=O) groups is 1. The standard InChI is InChI=1S/C20H24N2O3S/c1-3-19(22(26(2,24)25)18-11-5-4-6-12-18)20(23)21-14-13-16-9-7-8-10-17(16)15-21/h4-12,19H,3,13-15H2,1-2H3/t19-/m1/s1. The first-order valence-corrected chi connectivity index (χ1v) is 10.7. The lowest BCUT2D eigenvalue weighted by molar-refractivity contribution is -0.133. The molecule has 6 heteroatoms. The van der Waals surface area contributed by atoms with Gasteiger partial charge in [-0.3, -0.25) is 9.10 Å². The lowest BCUT2D eigenvalue weighted by Crippen LogP contribution is -2.51. The Morgan fingerprint density at radius 1 is 1.08 bits per heavy atom. The average molecular weight is 372 g/mol. The third-order valence-electron chi connectivity index (χ3n) is 4.77. The van der Waals surface area contributed by atoms with Gasteiger partial charge in [0.05, 0.1) is 11.9 Å². The topological polar surface area (TPSA) is 57.7 Å². The Bertz CT molecular complexity index is 881. The van der Waals surface area contributed by atoms with E-state index in [1.54, 1.807) is 29.2 Å². The van der Waals surface area contributed by atoms with E-state index in [9.17, 15) is 13.2 Å². The van der Waals surface area contributed by atoms with Crippen molar-refractivity contribution >= 4 is 21.6 Å². The van der Waals surface area contributed by atoms with Gasteiger partial charge in [-0.05, 0) is 36.1 Å². The molecular formula is C20H24N2O3S. The van der Waals surface area contributed by atoms with Gasteiger partial charge in [-0.1, -0.05) is 49.4 Å². The zero-order chi connectivity index (χ0) is 18.7. The van der Waals surface area contributed by atoms with Crippen LogP contribution in [-0.2, 0) is 27.8 Å². The molecular weight excluding hydrogens is 348 g/mol. The van der Waals surface area contributed by atoms with Gasteiger partial charge in [-0.2, -0.15) is 0 Å². The molecule has 1 heterocycles. The Balaban J connectivity index is 1.90. The molecule has 1 aliphatic rings. The maximum absolute atomic E-state index is 13.2. The van der Waals surface area contributed by atoms with E-state index >= 15 is 0 Å². The molecule has 0 radical (unpaired) electrons. The first kappa shape index (κ1) is 18.5. The zero-order valence-corrected chi connectivity index (χ0v) is 15.9. The molecule has 1 aliphatic heterocycles. The van der Waals surface area contributed by atoms with Crippen LogP contribution in [0.2, 0.25) is 0 Å². The number of anilines is 1. The first-order chi connectivity index (χ1) is 12.4. The number of sulfonamides is 1. The van der Waals surface area contributed by atoms with Crippen molar-refractivity contribution in [3.8, 4) is 0 Å². The Morgan fingerprint density at radius 2 is 1.69 bits per heavy atom. The minimum atomic E-state index is -3.59. The minimum Gasteiger partial charge on any atom is -0.336 e. The van der Waals surface area contributed by atoms with Crippen molar-refractivity contribution in [2.45, 2.75) is 32.4 Å². The van der Waals surface area contributed by atoms with E-state index in [1.807, 2.05) is 31.2 Å². The molecule has 138 valence electrons. The second-order valence-corrected chi connectivity index (χ2v) is 8.46. The molecule has 0 bridgehead atoms. The minimum absolute atomic E-state index is 0.142. The van der Waals surface area contributed by atoms with Crippen molar-refractivity contribution in [1.29, 1.82) is 0 Å². The number of fused-ring (bicyclic) bond motifs is 1. The number of amides is 1. The van der Waals surface area contributed by atoms with Gasteiger partial charge < -0.3 is 4.90 Å². The summed E-state index contributed by atoms with van der Waals surface area (Å²) in [5.74, 6) is -0.142. The second-order valence-electron chi connectivity index (χ2n) is 6.60. The normalized spacial score (nSPS) is 15.2. The average Bonchev–Trinajstić information content (AvgIpc) is 2.64. The van der Waals surface area contributed by atoms with E-state index in [-0.39, 0.29) is 5.91 Å². The number of para-hydroxylation sites is 1. The maximum Gasteiger partial charge on any atom is 0.246 e. The molecule has 0 N–H and O–H groups in total. The maximum atomic E-state index is 13.2. The van der Waals surface area contributed by atoms with Gasteiger partial charge in [0.15, 0.2) is 0 Å². The number of rotatable bonds is 5. The summed E-state index contributed by atoms with van der Waals surface area (Å²) in [6.45, 7) is 2.98. The third kappa shape index (κ3) is 3.75. The molecule has 0 unspecified atom stereocenters. The monoisotopic (exact) mass is 372 g/mol. The largest absolute Gasteiger partial charge is 0.336 e. The fourth-order valence-corrected chi connectivity index (χ4v) is 4.72. The van der Waals surface area contributed by atoms with Gasteiger partial charge in [-0.15, -0.1) is 0 Å². The summed E-state index contributed by atoms with van der Waals surface area (Å²) >= 11 is 0. The van der Waals surface area contributed by atoms with Gasteiger partial charge in [0.1, 0.15) is 6.04 Å². The van der Waals surface area contributed by atoms with Crippen molar-refractivity contribution in [2.24, 2.45) is 0 Å². The van der Waals surface area contributed by atoms with E-state index in [0.29, 0.717) is 25.2 Å². The van der Waals surface area contributed by atoms with Crippen LogP contribution >= 0.6 is 0 Å². The van der Waals surface area contributed by atoms with Crippen molar-refractivity contribution < 1.29 is 13.2 Å². The highest BCUT2D eigenvalue weighted by atomic mass is 32.2. The van der Waals surface area contributed by atoms with E-state index < -0.39 is 16.1 Å². The van der Waals surface area contributed by atoms with Crippen LogP contribution in [0.15, 0.2) is 54.6 Å². The quantitative estimate of drug-likeness (QED) is 0.811. The van der Waals surface area contributed by atoms with E-state index in [1.165, 1.54) is 9.87 Å². The van der Waals surface area contributed by atoms with Crippen LogP contribution in [0.5, 0.6) is 0 Å². The van der Waals surface area contributed by atoms with Crippen LogP contribution in [0.25, 0.3) is 0 Å². The summed E-state index contributed by atoms with van der Waals surface area (Å²) in [6.07, 6.45) is 2.36. The second kappa shape index (κ2) is 7.50. The van der Waals surface area contributed by atoms with Crippen LogP contribution in [0.4, 0.5) is 5.69 Å². The third-order valence-corrected chi connectivity index (χ3v) is 5.95. The molecule has 26 heavy (non-hydrogen) atoms. The van der Waals surface area contributed by atoms with Crippen LogP contribution in [0.3, 0.4) is 0 Å². The number of carbonyl (C=O) groups excluding carboxylic acids is 1. The van der Waals surface area contributed by atoms with Gasteiger partial charge in [-0.25, -0.2) is 8.42 Å². The number of benzene rings is 2. The zero-order valence-electron chi connectivity index (χ0n) is 15.1. The molecule has 0 saturated heterocycles. The van der Waals surface area contributed by atoms with E-state index in [0.717, 1.165) is 18.2 Å². The van der Waals surface area contributed by atoms with Crippen LogP contribution < -0.4 is 4.31 Å². The summed E-state index contributed by atoms with van der Waals surface area (Å²) in [4.78, 5) is 15.0. The fraction of sp³-hybridized carbons (Fsp3) is 0.350. The van der Waals surface area contributed by atoms with Gasteiger partial charge in [0, 0.05) is 13.1 Å². The Hall–Kier alpha value is -2.34. The lowest BCUT2D eigenvalue weighted by atomic mass is 9.99. The molecule has 0 spiro atoms. The van der Waals surface area contributed by atoms with Gasteiger partial charge in [0.25, 0.3) is 0 Å². The van der Waals surface area contributed by atoms with Crippen LogP contribution in [0, 0.1) is 0 Å². The van der Waals surface area contributed by atoms with Gasteiger partial charge in [0.2, 0.25) is 15.9 Å². The Labute approximate surface area is 155 Å².